The minimum Gasteiger partial charge on any atom is -0.409 e. The molecule has 7 heteroatoms. The highest BCUT2D eigenvalue weighted by atomic mass is 32.2. The van der Waals surface area contributed by atoms with Crippen molar-refractivity contribution < 1.29 is 13.6 Å². The molecule has 0 aliphatic carbocycles. The van der Waals surface area contributed by atoms with Crippen molar-refractivity contribution >= 4 is 15.7 Å². The van der Waals surface area contributed by atoms with E-state index in [1.807, 2.05) is 20.8 Å². The molecule has 1 heterocycles. The molecule has 0 radical (unpaired) electrons. The predicted molar refractivity (Wildman–Crippen MR) is 71.5 cm³/mol. The SMILES string of the molecule is CC1CS(=O)(=O)CCN1CCC(C)(C)C(N)=NO. The molecule has 0 amide bonds. The average molecular weight is 277 g/mol. The Morgan fingerprint density at radius 2 is 2.17 bits per heavy atom. The van der Waals surface area contributed by atoms with E-state index in [1.165, 1.54) is 0 Å². The molecule has 0 bridgehead atoms. The summed E-state index contributed by atoms with van der Waals surface area (Å²) in [6.45, 7) is 7.06. The van der Waals surface area contributed by atoms with Crippen LogP contribution < -0.4 is 5.73 Å². The predicted octanol–water partition coefficient (Wildman–Crippen LogP) is 0.268. The van der Waals surface area contributed by atoms with Crippen LogP contribution >= 0.6 is 0 Å². The van der Waals surface area contributed by atoms with Crippen LogP contribution in [0.4, 0.5) is 0 Å². The fourth-order valence-electron chi connectivity index (χ4n) is 2.05. The fraction of sp³-hybridized carbons (Fsp3) is 0.909. The highest BCUT2D eigenvalue weighted by molar-refractivity contribution is 7.91. The summed E-state index contributed by atoms with van der Waals surface area (Å²) in [5.74, 6) is 0.651. The monoisotopic (exact) mass is 277 g/mol. The van der Waals surface area contributed by atoms with Gasteiger partial charge in [-0.05, 0) is 19.9 Å². The van der Waals surface area contributed by atoms with Crippen molar-refractivity contribution in [2.75, 3.05) is 24.6 Å². The van der Waals surface area contributed by atoms with Crippen LogP contribution in [-0.4, -0.2) is 55.0 Å². The highest BCUT2D eigenvalue weighted by Gasteiger charge is 2.30. The lowest BCUT2D eigenvalue weighted by atomic mass is 9.87. The zero-order chi connectivity index (χ0) is 14.0. The van der Waals surface area contributed by atoms with Crippen LogP contribution in [0.3, 0.4) is 0 Å². The summed E-state index contributed by atoms with van der Waals surface area (Å²) in [6.07, 6.45) is 0.729. The number of nitrogens with two attached hydrogens (primary N) is 1. The molecule has 0 aromatic rings. The summed E-state index contributed by atoms with van der Waals surface area (Å²) in [5, 5.41) is 11.7. The number of amidine groups is 1. The molecular formula is C11H23N3O3S. The maximum Gasteiger partial charge on any atom is 0.153 e. The van der Waals surface area contributed by atoms with E-state index in [4.69, 9.17) is 10.9 Å². The van der Waals surface area contributed by atoms with E-state index in [1.54, 1.807) is 0 Å². The quantitative estimate of drug-likeness (QED) is 0.333. The topological polar surface area (TPSA) is 96.0 Å². The van der Waals surface area contributed by atoms with Gasteiger partial charge in [0.15, 0.2) is 9.84 Å². The first-order valence-electron chi connectivity index (χ1n) is 6.10. The third-order valence-corrected chi connectivity index (χ3v) is 5.43. The number of rotatable bonds is 4. The van der Waals surface area contributed by atoms with E-state index >= 15 is 0 Å². The van der Waals surface area contributed by atoms with Crippen molar-refractivity contribution in [2.24, 2.45) is 16.3 Å². The Balaban J connectivity index is 2.55. The van der Waals surface area contributed by atoms with Gasteiger partial charge < -0.3 is 10.9 Å². The second kappa shape index (κ2) is 5.44. The second-order valence-electron chi connectivity index (χ2n) is 5.62. The van der Waals surface area contributed by atoms with Crippen molar-refractivity contribution in [2.45, 2.75) is 33.2 Å². The van der Waals surface area contributed by atoms with Gasteiger partial charge in [0.1, 0.15) is 5.84 Å². The van der Waals surface area contributed by atoms with Gasteiger partial charge in [0.25, 0.3) is 0 Å². The van der Waals surface area contributed by atoms with Crippen LogP contribution in [0, 0.1) is 5.41 Å². The molecule has 0 saturated carbocycles. The Labute approximate surface area is 109 Å². The second-order valence-corrected chi connectivity index (χ2v) is 7.85. The molecule has 3 N–H and O–H groups in total. The molecular weight excluding hydrogens is 254 g/mol. The Bertz CT molecular complexity index is 417. The van der Waals surface area contributed by atoms with Gasteiger partial charge in [0.05, 0.1) is 11.5 Å². The lowest BCUT2D eigenvalue weighted by molar-refractivity contribution is 0.203. The Morgan fingerprint density at radius 1 is 1.56 bits per heavy atom. The van der Waals surface area contributed by atoms with Gasteiger partial charge in [-0.2, -0.15) is 0 Å². The van der Waals surface area contributed by atoms with Crippen LogP contribution in [-0.2, 0) is 9.84 Å². The summed E-state index contributed by atoms with van der Waals surface area (Å²) in [5.41, 5.74) is 5.25. The molecule has 0 aromatic heterocycles. The van der Waals surface area contributed by atoms with Gasteiger partial charge in [-0.3, -0.25) is 4.90 Å². The molecule has 1 aliphatic heterocycles. The largest absolute Gasteiger partial charge is 0.409 e. The molecule has 1 atom stereocenters. The minimum absolute atomic E-state index is 0.0341. The summed E-state index contributed by atoms with van der Waals surface area (Å²) in [6, 6.07) is 0.0341. The van der Waals surface area contributed by atoms with Gasteiger partial charge in [-0.1, -0.05) is 19.0 Å². The van der Waals surface area contributed by atoms with E-state index in [2.05, 4.69) is 10.1 Å². The highest BCUT2D eigenvalue weighted by Crippen LogP contribution is 2.22. The summed E-state index contributed by atoms with van der Waals surface area (Å²) in [4.78, 5) is 2.15. The van der Waals surface area contributed by atoms with Crippen LogP contribution in [0.5, 0.6) is 0 Å². The Hall–Kier alpha value is -0.820. The minimum atomic E-state index is -2.87. The van der Waals surface area contributed by atoms with Crippen LogP contribution in [0.2, 0.25) is 0 Å². The normalized spacial score (nSPS) is 26.2. The third kappa shape index (κ3) is 3.84. The number of nitrogens with zero attached hydrogens (tertiary/aromatic N) is 2. The molecule has 1 saturated heterocycles. The maximum absolute atomic E-state index is 11.5. The molecule has 1 fully saturated rings. The molecule has 0 spiro atoms. The molecule has 6 nitrogen and oxygen atoms in total. The Morgan fingerprint density at radius 3 is 2.67 bits per heavy atom. The molecule has 1 unspecified atom stereocenters. The molecule has 18 heavy (non-hydrogen) atoms. The van der Waals surface area contributed by atoms with Crippen molar-refractivity contribution in [3.63, 3.8) is 0 Å². The van der Waals surface area contributed by atoms with Crippen molar-refractivity contribution in [1.29, 1.82) is 0 Å². The molecule has 1 aliphatic rings. The number of hydrogen-bond donors (Lipinski definition) is 2. The van der Waals surface area contributed by atoms with Gasteiger partial charge in [-0.25, -0.2) is 8.42 Å². The zero-order valence-corrected chi connectivity index (χ0v) is 12.1. The van der Waals surface area contributed by atoms with Crippen LogP contribution in [0.1, 0.15) is 27.2 Å². The lowest BCUT2D eigenvalue weighted by Crippen LogP contribution is -2.48. The number of hydrogen-bond acceptors (Lipinski definition) is 5. The summed E-state index contributed by atoms with van der Waals surface area (Å²) < 4.78 is 22.9. The first-order valence-corrected chi connectivity index (χ1v) is 7.92. The van der Waals surface area contributed by atoms with Crippen LogP contribution in [0.15, 0.2) is 5.16 Å². The van der Waals surface area contributed by atoms with E-state index in [9.17, 15) is 8.42 Å². The smallest absolute Gasteiger partial charge is 0.153 e. The number of oxime groups is 1. The first-order chi connectivity index (χ1) is 8.18. The standard InChI is InChI=1S/C11H23N3O3S/c1-9-8-18(16,17)7-6-14(9)5-4-11(2,3)10(12)13-15/h9,15H,4-8H2,1-3H3,(H2,12,13). The number of sulfone groups is 1. The van der Waals surface area contributed by atoms with Crippen LogP contribution in [0.25, 0.3) is 0 Å². The molecule has 106 valence electrons. The van der Waals surface area contributed by atoms with Gasteiger partial charge in [0.2, 0.25) is 0 Å². The molecule has 1 rings (SSSR count). The summed E-state index contributed by atoms with van der Waals surface area (Å²) >= 11 is 0. The van der Waals surface area contributed by atoms with Gasteiger partial charge in [-0.15, -0.1) is 0 Å². The van der Waals surface area contributed by atoms with Gasteiger partial charge in [0, 0.05) is 18.0 Å². The Kier molecular flexibility index (Phi) is 4.61. The fourth-order valence-corrected chi connectivity index (χ4v) is 3.68. The maximum atomic E-state index is 11.5. The average Bonchev–Trinajstić information content (AvgIpc) is 2.25. The zero-order valence-electron chi connectivity index (χ0n) is 11.3. The van der Waals surface area contributed by atoms with Gasteiger partial charge >= 0.3 is 0 Å². The van der Waals surface area contributed by atoms with E-state index in [0.29, 0.717) is 6.54 Å². The molecule has 0 aromatic carbocycles. The first kappa shape index (κ1) is 15.2. The lowest BCUT2D eigenvalue weighted by Gasteiger charge is -2.35. The summed E-state index contributed by atoms with van der Waals surface area (Å²) in [7, 11) is -2.87. The van der Waals surface area contributed by atoms with Crippen molar-refractivity contribution in [1.82, 2.24) is 4.90 Å². The van der Waals surface area contributed by atoms with E-state index < -0.39 is 9.84 Å². The van der Waals surface area contributed by atoms with E-state index in [-0.39, 0.29) is 28.8 Å². The van der Waals surface area contributed by atoms with Crippen molar-refractivity contribution in [3.05, 3.63) is 0 Å². The van der Waals surface area contributed by atoms with E-state index in [0.717, 1.165) is 13.0 Å². The van der Waals surface area contributed by atoms with Crippen molar-refractivity contribution in [3.8, 4) is 0 Å². The third-order valence-electron chi connectivity index (χ3n) is 3.63.